The van der Waals surface area contributed by atoms with E-state index in [0.29, 0.717) is 13.1 Å². The molecule has 0 aromatic heterocycles. The van der Waals surface area contributed by atoms with Gasteiger partial charge in [-0.25, -0.2) is 0 Å². The Hall–Kier alpha value is -2.17. The molecule has 0 saturated carbocycles. The molecule has 0 aliphatic carbocycles. The van der Waals surface area contributed by atoms with Crippen molar-refractivity contribution in [1.29, 1.82) is 0 Å². The lowest BCUT2D eigenvalue weighted by molar-refractivity contribution is -0.131. The molecule has 0 atom stereocenters. The van der Waals surface area contributed by atoms with Crippen molar-refractivity contribution in [2.75, 3.05) is 33.7 Å². The second-order valence-corrected chi connectivity index (χ2v) is 8.22. The SMILES string of the molecule is CN(C)CCNC(=O)C(CN)(CCCc1ccccc1)CCCc1ccccc1. The molecule has 29 heavy (non-hydrogen) atoms. The van der Waals surface area contributed by atoms with E-state index in [4.69, 9.17) is 5.73 Å². The van der Waals surface area contributed by atoms with Crippen LogP contribution in [0, 0.1) is 5.41 Å². The topological polar surface area (TPSA) is 58.4 Å². The molecule has 0 aliphatic heterocycles. The number of hydrogen-bond donors (Lipinski definition) is 2. The number of aryl methyl sites for hydroxylation is 2. The van der Waals surface area contributed by atoms with Crippen molar-refractivity contribution in [3.8, 4) is 0 Å². The van der Waals surface area contributed by atoms with E-state index in [9.17, 15) is 4.79 Å². The van der Waals surface area contributed by atoms with Crippen LogP contribution in [0.15, 0.2) is 60.7 Å². The van der Waals surface area contributed by atoms with Gasteiger partial charge in [0.2, 0.25) is 5.91 Å². The molecule has 0 radical (unpaired) electrons. The largest absolute Gasteiger partial charge is 0.354 e. The summed E-state index contributed by atoms with van der Waals surface area (Å²) < 4.78 is 0. The quantitative estimate of drug-likeness (QED) is 0.544. The third kappa shape index (κ3) is 8.00. The third-order valence-corrected chi connectivity index (χ3v) is 5.64. The summed E-state index contributed by atoms with van der Waals surface area (Å²) in [6, 6.07) is 20.9. The first-order chi connectivity index (χ1) is 14.1. The lowest BCUT2D eigenvalue weighted by Crippen LogP contribution is -2.47. The van der Waals surface area contributed by atoms with Crippen molar-refractivity contribution in [3.05, 3.63) is 71.8 Å². The predicted octanol–water partition coefficient (Wildman–Crippen LogP) is 3.66. The van der Waals surface area contributed by atoms with Gasteiger partial charge >= 0.3 is 0 Å². The number of carbonyl (C=O) groups is 1. The molecule has 0 bridgehead atoms. The Bertz CT molecular complexity index is 655. The van der Waals surface area contributed by atoms with Gasteiger partial charge in [0.15, 0.2) is 0 Å². The summed E-state index contributed by atoms with van der Waals surface area (Å²) in [6.45, 7) is 1.88. The number of nitrogens with zero attached hydrogens (tertiary/aromatic N) is 1. The summed E-state index contributed by atoms with van der Waals surface area (Å²) in [5.74, 6) is 0.114. The number of rotatable bonds is 13. The molecule has 4 heteroatoms. The van der Waals surface area contributed by atoms with Gasteiger partial charge in [-0.1, -0.05) is 60.7 Å². The Morgan fingerprint density at radius 2 is 1.38 bits per heavy atom. The average Bonchev–Trinajstić information content (AvgIpc) is 2.74. The van der Waals surface area contributed by atoms with E-state index in [1.54, 1.807) is 0 Å². The molecule has 0 spiro atoms. The Balaban J connectivity index is 1.98. The van der Waals surface area contributed by atoms with Crippen molar-refractivity contribution >= 4 is 5.91 Å². The Labute approximate surface area is 176 Å². The van der Waals surface area contributed by atoms with Gasteiger partial charge < -0.3 is 16.0 Å². The molecular weight excluding hydrogens is 358 g/mol. The maximum Gasteiger partial charge on any atom is 0.227 e. The number of likely N-dealkylation sites (N-methyl/N-ethyl adjacent to an activating group) is 1. The van der Waals surface area contributed by atoms with E-state index in [1.165, 1.54) is 11.1 Å². The van der Waals surface area contributed by atoms with Crippen LogP contribution in [-0.2, 0) is 17.6 Å². The van der Waals surface area contributed by atoms with Crippen molar-refractivity contribution in [3.63, 3.8) is 0 Å². The zero-order valence-electron chi connectivity index (χ0n) is 18.1. The molecule has 2 aromatic carbocycles. The van der Waals surface area contributed by atoms with E-state index >= 15 is 0 Å². The molecule has 4 nitrogen and oxygen atoms in total. The average molecular weight is 396 g/mol. The van der Waals surface area contributed by atoms with Gasteiger partial charge in [0, 0.05) is 19.6 Å². The number of nitrogens with one attached hydrogen (secondary N) is 1. The highest BCUT2D eigenvalue weighted by Gasteiger charge is 2.35. The summed E-state index contributed by atoms with van der Waals surface area (Å²) in [5, 5.41) is 3.14. The van der Waals surface area contributed by atoms with Gasteiger partial charge in [-0.15, -0.1) is 0 Å². The highest BCUT2D eigenvalue weighted by Crippen LogP contribution is 2.31. The molecule has 2 aromatic rings. The predicted molar refractivity (Wildman–Crippen MR) is 122 cm³/mol. The second kappa shape index (κ2) is 12.4. The molecule has 3 N–H and O–H groups in total. The van der Waals surface area contributed by atoms with Crippen LogP contribution in [0.4, 0.5) is 0 Å². The first-order valence-corrected chi connectivity index (χ1v) is 10.8. The molecule has 0 fully saturated rings. The van der Waals surface area contributed by atoms with E-state index in [2.05, 4.69) is 58.7 Å². The standard InChI is InChI=1S/C25H37N3O/c1-28(2)20-19-27-24(29)25(21-26,17-9-15-22-11-5-3-6-12-22)18-10-16-23-13-7-4-8-14-23/h3-8,11-14H,9-10,15-21,26H2,1-2H3,(H,27,29). The van der Waals surface area contributed by atoms with Gasteiger partial charge in [-0.2, -0.15) is 0 Å². The lowest BCUT2D eigenvalue weighted by atomic mass is 9.76. The summed E-state index contributed by atoms with van der Waals surface area (Å²) in [4.78, 5) is 15.2. The maximum atomic E-state index is 13.2. The van der Waals surface area contributed by atoms with Crippen LogP contribution in [0.2, 0.25) is 0 Å². The summed E-state index contributed by atoms with van der Waals surface area (Å²) in [5.41, 5.74) is 8.37. The van der Waals surface area contributed by atoms with Crippen LogP contribution >= 0.6 is 0 Å². The minimum Gasteiger partial charge on any atom is -0.354 e. The van der Waals surface area contributed by atoms with Crippen molar-refractivity contribution in [2.24, 2.45) is 11.1 Å². The van der Waals surface area contributed by atoms with Crippen LogP contribution in [0.1, 0.15) is 36.8 Å². The second-order valence-electron chi connectivity index (χ2n) is 8.22. The number of nitrogens with two attached hydrogens (primary N) is 1. The maximum absolute atomic E-state index is 13.2. The van der Waals surface area contributed by atoms with Gasteiger partial charge in [-0.3, -0.25) is 4.79 Å². The fraction of sp³-hybridized carbons (Fsp3) is 0.480. The molecule has 0 saturated heterocycles. The molecule has 2 rings (SSSR count). The van der Waals surface area contributed by atoms with E-state index in [0.717, 1.165) is 45.1 Å². The minimum absolute atomic E-state index is 0.114. The summed E-state index contributed by atoms with van der Waals surface area (Å²) >= 11 is 0. The third-order valence-electron chi connectivity index (χ3n) is 5.64. The molecule has 0 aliphatic rings. The van der Waals surface area contributed by atoms with Crippen molar-refractivity contribution < 1.29 is 4.79 Å². The fourth-order valence-electron chi connectivity index (χ4n) is 3.78. The first-order valence-electron chi connectivity index (χ1n) is 10.8. The van der Waals surface area contributed by atoms with Crippen LogP contribution in [-0.4, -0.2) is 44.5 Å². The van der Waals surface area contributed by atoms with Gasteiger partial charge in [0.1, 0.15) is 0 Å². The number of benzene rings is 2. The Morgan fingerprint density at radius 1 is 0.897 bits per heavy atom. The highest BCUT2D eigenvalue weighted by molar-refractivity contribution is 5.82. The fourth-order valence-corrected chi connectivity index (χ4v) is 3.78. The smallest absolute Gasteiger partial charge is 0.227 e. The van der Waals surface area contributed by atoms with Gasteiger partial charge in [-0.05, 0) is 63.7 Å². The number of carbonyl (C=O) groups excluding carboxylic acids is 1. The van der Waals surface area contributed by atoms with Crippen molar-refractivity contribution in [1.82, 2.24) is 10.2 Å². The summed E-state index contributed by atoms with van der Waals surface area (Å²) in [7, 11) is 4.03. The van der Waals surface area contributed by atoms with Gasteiger partial charge in [0.05, 0.1) is 5.41 Å². The molecule has 158 valence electrons. The normalized spacial score (nSPS) is 11.6. The number of amides is 1. The molecule has 1 amide bonds. The Morgan fingerprint density at radius 3 is 1.79 bits per heavy atom. The Kier molecular flexibility index (Phi) is 9.89. The van der Waals surface area contributed by atoms with Crippen LogP contribution in [0.3, 0.4) is 0 Å². The molecular formula is C25H37N3O. The van der Waals surface area contributed by atoms with Crippen LogP contribution in [0.25, 0.3) is 0 Å². The molecule has 0 unspecified atom stereocenters. The highest BCUT2D eigenvalue weighted by atomic mass is 16.2. The zero-order valence-corrected chi connectivity index (χ0v) is 18.1. The van der Waals surface area contributed by atoms with Crippen molar-refractivity contribution in [2.45, 2.75) is 38.5 Å². The van der Waals surface area contributed by atoms with Gasteiger partial charge in [0.25, 0.3) is 0 Å². The first kappa shape index (κ1) is 23.1. The summed E-state index contributed by atoms with van der Waals surface area (Å²) in [6.07, 6.45) is 5.53. The van der Waals surface area contributed by atoms with E-state index in [1.807, 2.05) is 26.2 Å². The molecule has 0 heterocycles. The monoisotopic (exact) mass is 395 g/mol. The van der Waals surface area contributed by atoms with Crippen LogP contribution < -0.4 is 11.1 Å². The van der Waals surface area contributed by atoms with Crippen LogP contribution in [0.5, 0.6) is 0 Å². The van der Waals surface area contributed by atoms with E-state index < -0.39 is 5.41 Å². The zero-order chi connectivity index (χ0) is 21.0. The van der Waals surface area contributed by atoms with E-state index in [-0.39, 0.29) is 5.91 Å². The lowest BCUT2D eigenvalue weighted by Gasteiger charge is -2.32. The minimum atomic E-state index is -0.490. The number of hydrogen-bond acceptors (Lipinski definition) is 3.